The summed E-state index contributed by atoms with van der Waals surface area (Å²) in [5, 5.41) is -0.407. The van der Waals surface area contributed by atoms with Gasteiger partial charge in [-0.05, 0) is 12.1 Å². The van der Waals surface area contributed by atoms with Crippen LogP contribution in [-0.2, 0) is 35.0 Å². The zero-order valence-corrected chi connectivity index (χ0v) is 7.86. The van der Waals surface area contributed by atoms with Gasteiger partial charge in [-0.25, -0.2) is 0 Å². The summed E-state index contributed by atoms with van der Waals surface area (Å²) in [7, 11) is 0. The van der Waals surface area contributed by atoms with Crippen molar-refractivity contribution in [2.75, 3.05) is 0 Å². The average molecular weight is 335 g/mol. The molecule has 56 valence electrons. The van der Waals surface area contributed by atoms with Crippen LogP contribution < -0.4 is 0 Å². The summed E-state index contributed by atoms with van der Waals surface area (Å²) in [5.74, 6) is 0. The molecule has 0 aliphatic carbocycles. The molecule has 0 radical (unpaired) electrons. The van der Waals surface area contributed by atoms with E-state index >= 15 is 0 Å². The van der Waals surface area contributed by atoms with Gasteiger partial charge < -0.3 is 17.4 Å². The van der Waals surface area contributed by atoms with Gasteiger partial charge in [0.2, 0.25) is 0 Å². The molecule has 0 saturated heterocycles. The predicted octanol–water partition coefficient (Wildman–Crippen LogP) is 0.766. The van der Waals surface area contributed by atoms with Crippen molar-refractivity contribution in [2.24, 2.45) is 0 Å². The number of rotatable bonds is 1. The van der Waals surface area contributed by atoms with E-state index in [1.165, 1.54) is 0 Å². The molecule has 0 saturated carbocycles. The first kappa shape index (κ1) is 9.78. The minimum absolute atomic E-state index is 0. The van der Waals surface area contributed by atoms with Gasteiger partial charge in [0.1, 0.15) is 0 Å². The van der Waals surface area contributed by atoms with Crippen LogP contribution >= 0.6 is 0 Å². The second-order valence-corrected chi connectivity index (χ2v) is 1.87. The van der Waals surface area contributed by atoms with Crippen LogP contribution in [0.15, 0.2) is 24.4 Å². The minimum atomic E-state index is -0.407. The van der Waals surface area contributed by atoms with Gasteiger partial charge in [-0.2, -0.15) is 0 Å². The Bertz CT molecular complexity index is 214. The maximum atomic E-state index is 10.4. The quantitative estimate of drug-likeness (QED) is 0.561. The molecule has 1 aromatic rings. The second-order valence-electron chi connectivity index (χ2n) is 1.50. The summed E-state index contributed by atoms with van der Waals surface area (Å²) < 4.78 is 0. The molecular formula is C6H4AuNOS. The Morgan fingerprint density at radius 2 is 2.20 bits per heavy atom. The topological polar surface area (TPSA) is 30.0 Å². The maximum absolute atomic E-state index is 10.4. The van der Waals surface area contributed by atoms with E-state index < -0.39 is 5.12 Å². The fourth-order valence-electron chi connectivity index (χ4n) is 0.484. The molecule has 1 heterocycles. The first-order valence-electron chi connectivity index (χ1n) is 2.43. The van der Waals surface area contributed by atoms with Gasteiger partial charge >= 0.3 is 22.4 Å². The van der Waals surface area contributed by atoms with Crippen molar-refractivity contribution in [3.8, 4) is 0 Å². The Hall–Kier alpha value is -0.220. The second kappa shape index (κ2) is 4.57. The number of hydrogen-bond acceptors (Lipinski definition) is 3. The number of pyridine rings is 1. The molecule has 0 bridgehead atoms. The van der Waals surface area contributed by atoms with Crippen LogP contribution in [0.5, 0.6) is 0 Å². The summed E-state index contributed by atoms with van der Waals surface area (Å²) in [6.07, 6.45) is 1.54. The number of nitrogens with zero attached hydrogens (tertiary/aromatic N) is 1. The fraction of sp³-hybridized carbons (Fsp3) is 0. The van der Waals surface area contributed by atoms with Crippen molar-refractivity contribution in [2.45, 2.75) is 0 Å². The van der Waals surface area contributed by atoms with Gasteiger partial charge in [0.05, 0.1) is 10.8 Å². The van der Waals surface area contributed by atoms with E-state index in [1.807, 2.05) is 0 Å². The van der Waals surface area contributed by atoms with Crippen LogP contribution in [0.4, 0.5) is 0 Å². The normalized spacial score (nSPS) is 8.00. The number of hydrogen-bond donors (Lipinski definition) is 0. The zero-order chi connectivity index (χ0) is 6.69. The molecule has 4 heteroatoms. The third-order valence-electron chi connectivity index (χ3n) is 0.874. The molecule has 0 N–H and O–H groups in total. The molecule has 0 aromatic carbocycles. The molecule has 1 aromatic heterocycles. The molecular weight excluding hydrogens is 331 g/mol. The molecule has 0 amide bonds. The van der Waals surface area contributed by atoms with Gasteiger partial charge in [0.25, 0.3) is 0 Å². The summed E-state index contributed by atoms with van der Waals surface area (Å²) >= 11 is 4.34. The third-order valence-corrected chi connectivity index (χ3v) is 1.08. The molecule has 0 fully saturated rings. The molecule has 10 heavy (non-hydrogen) atoms. The average Bonchev–Trinajstić information content (AvgIpc) is 1.90. The van der Waals surface area contributed by atoms with Crippen LogP contribution in [0, 0.1) is 0 Å². The van der Waals surface area contributed by atoms with Crippen LogP contribution in [0.3, 0.4) is 0 Å². The van der Waals surface area contributed by atoms with Crippen LogP contribution in [0.1, 0.15) is 10.5 Å². The molecule has 0 unspecified atom stereocenters. The van der Waals surface area contributed by atoms with Crippen molar-refractivity contribution in [3.05, 3.63) is 30.1 Å². The monoisotopic (exact) mass is 335 g/mol. The van der Waals surface area contributed by atoms with E-state index in [9.17, 15) is 4.79 Å². The minimum Gasteiger partial charge on any atom is -0.735 e. The Morgan fingerprint density at radius 3 is 2.50 bits per heavy atom. The molecule has 0 atom stereocenters. The maximum Gasteiger partial charge on any atom is 1.00 e. The Kier molecular flexibility index (Phi) is 4.47. The Labute approximate surface area is 80.0 Å². The number of aromatic nitrogens is 1. The smallest absolute Gasteiger partial charge is 0.735 e. The van der Waals surface area contributed by atoms with Gasteiger partial charge in [0, 0.05) is 6.20 Å². The summed E-state index contributed by atoms with van der Waals surface area (Å²) in [6.45, 7) is 0. The largest absolute Gasteiger partial charge is 1.00 e. The van der Waals surface area contributed by atoms with Crippen LogP contribution in [-0.4, -0.2) is 10.1 Å². The first-order chi connectivity index (χ1) is 4.30. The van der Waals surface area contributed by atoms with Crippen molar-refractivity contribution in [1.29, 1.82) is 0 Å². The van der Waals surface area contributed by atoms with Crippen molar-refractivity contribution in [3.63, 3.8) is 0 Å². The molecule has 0 spiro atoms. The molecule has 2 nitrogen and oxygen atoms in total. The first-order valence-corrected chi connectivity index (χ1v) is 2.84. The van der Waals surface area contributed by atoms with Crippen molar-refractivity contribution >= 4 is 17.7 Å². The van der Waals surface area contributed by atoms with E-state index in [1.54, 1.807) is 24.4 Å². The molecule has 1 rings (SSSR count). The molecule has 0 aliphatic heterocycles. The van der Waals surface area contributed by atoms with E-state index in [2.05, 4.69) is 17.6 Å². The fourth-order valence-corrected chi connectivity index (χ4v) is 0.604. The van der Waals surface area contributed by atoms with E-state index in [0.29, 0.717) is 5.69 Å². The van der Waals surface area contributed by atoms with Gasteiger partial charge in [0.15, 0.2) is 0 Å². The summed E-state index contributed by atoms with van der Waals surface area (Å²) in [6, 6.07) is 5.06. The predicted molar refractivity (Wildman–Crippen MR) is 35.9 cm³/mol. The Balaban J connectivity index is 0.000000810. The van der Waals surface area contributed by atoms with Gasteiger partial charge in [-0.3, -0.25) is 4.98 Å². The zero-order valence-electron chi connectivity index (χ0n) is 4.87. The molecule has 0 aliphatic rings. The van der Waals surface area contributed by atoms with Gasteiger partial charge in [-0.1, -0.05) is 6.07 Å². The number of carbonyl (C=O) groups is 1. The van der Waals surface area contributed by atoms with E-state index in [0.717, 1.165) is 0 Å². The van der Waals surface area contributed by atoms with Crippen molar-refractivity contribution in [1.82, 2.24) is 4.98 Å². The van der Waals surface area contributed by atoms with E-state index in [4.69, 9.17) is 0 Å². The number of carbonyl (C=O) groups excluding carboxylic acids is 1. The standard InChI is InChI=1S/C6H5NOS.Au/c8-6(9)5-3-1-2-4-7-5;/h1-4H,(H,8,9);/q;+1/p-1. The Morgan fingerprint density at radius 1 is 1.50 bits per heavy atom. The van der Waals surface area contributed by atoms with Crippen LogP contribution in [0.2, 0.25) is 0 Å². The van der Waals surface area contributed by atoms with Crippen LogP contribution in [0.25, 0.3) is 0 Å². The SMILES string of the molecule is O=C([S-])c1ccccn1.[Au+]. The van der Waals surface area contributed by atoms with E-state index in [-0.39, 0.29) is 22.4 Å². The summed E-state index contributed by atoms with van der Waals surface area (Å²) in [4.78, 5) is 14.1. The van der Waals surface area contributed by atoms with Gasteiger partial charge in [-0.15, -0.1) is 0 Å². The van der Waals surface area contributed by atoms with Crippen molar-refractivity contribution < 1.29 is 27.2 Å². The summed E-state index contributed by atoms with van der Waals surface area (Å²) in [5.41, 5.74) is 0.340. The third kappa shape index (κ3) is 2.58.